The van der Waals surface area contributed by atoms with Gasteiger partial charge in [0, 0.05) is 9.75 Å². The number of hydrogen-bond acceptors (Lipinski definition) is 3. The zero-order chi connectivity index (χ0) is 14.1. The Morgan fingerprint density at radius 1 is 1.00 bits per heavy atom. The van der Waals surface area contributed by atoms with Crippen molar-refractivity contribution < 1.29 is 4.79 Å². The third-order valence-corrected chi connectivity index (χ3v) is 5.27. The zero-order valence-corrected chi connectivity index (χ0v) is 13.0. The van der Waals surface area contributed by atoms with Crippen LogP contribution < -0.4 is 0 Å². The highest BCUT2D eigenvalue weighted by Crippen LogP contribution is 2.36. The lowest BCUT2D eigenvalue weighted by Crippen LogP contribution is -1.87. The molecule has 0 bridgehead atoms. The average molecular weight is 298 g/mol. The van der Waals surface area contributed by atoms with Crippen LogP contribution in [0.25, 0.3) is 20.9 Å². The van der Waals surface area contributed by atoms with Gasteiger partial charge < -0.3 is 0 Å². The van der Waals surface area contributed by atoms with Gasteiger partial charge in [0.1, 0.15) is 0 Å². The fourth-order valence-electron chi connectivity index (χ4n) is 2.49. The first-order valence-corrected chi connectivity index (χ1v) is 8.09. The topological polar surface area (TPSA) is 17.1 Å². The molecule has 0 unspecified atom stereocenters. The first-order chi connectivity index (χ1) is 9.69. The van der Waals surface area contributed by atoms with Crippen molar-refractivity contribution in [2.45, 2.75) is 13.8 Å². The maximum absolute atomic E-state index is 10.8. The van der Waals surface area contributed by atoms with E-state index in [1.807, 2.05) is 12.1 Å². The Kier molecular flexibility index (Phi) is 3.55. The quantitative estimate of drug-likeness (QED) is 0.577. The van der Waals surface area contributed by atoms with E-state index in [-0.39, 0.29) is 0 Å². The van der Waals surface area contributed by atoms with E-state index in [1.165, 1.54) is 32.0 Å². The Bertz CT molecular complexity index is 728. The minimum Gasteiger partial charge on any atom is -0.297 e. The van der Waals surface area contributed by atoms with Crippen LogP contribution in [0.4, 0.5) is 0 Å². The highest BCUT2D eigenvalue weighted by atomic mass is 32.1. The SMILES string of the molecule is Cc1cc(-c2cccs2)cc(C)c1-c1ccc(C=O)s1. The van der Waals surface area contributed by atoms with E-state index in [0.29, 0.717) is 0 Å². The van der Waals surface area contributed by atoms with Crippen molar-refractivity contribution in [2.75, 3.05) is 0 Å². The van der Waals surface area contributed by atoms with E-state index in [9.17, 15) is 4.79 Å². The number of aldehydes is 1. The summed E-state index contributed by atoms with van der Waals surface area (Å²) < 4.78 is 0. The van der Waals surface area contributed by atoms with Crippen molar-refractivity contribution in [1.29, 1.82) is 0 Å². The van der Waals surface area contributed by atoms with E-state index >= 15 is 0 Å². The molecule has 1 aromatic carbocycles. The number of aryl methyl sites for hydroxylation is 2. The highest BCUT2D eigenvalue weighted by molar-refractivity contribution is 7.17. The average Bonchev–Trinajstić information content (AvgIpc) is 3.09. The van der Waals surface area contributed by atoms with Gasteiger partial charge in [0.2, 0.25) is 0 Å². The molecule has 2 aromatic heterocycles. The van der Waals surface area contributed by atoms with Crippen LogP contribution in [0, 0.1) is 13.8 Å². The van der Waals surface area contributed by atoms with Gasteiger partial charge in [-0.1, -0.05) is 6.07 Å². The second-order valence-electron chi connectivity index (χ2n) is 4.78. The number of hydrogen-bond donors (Lipinski definition) is 0. The van der Waals surface area contributed by atoms with E-state index in [4.69, 9.17) is 0 Å². The van der Waals surface area contributed by atoms with Crippen molar-refractivity contribution in [3.63, 3.8) is 0 Å². The summed E-state index contributed by atoms with van der Waals surface area (Å²) in [5, 5.41) is 2.10. The maximum Gasteiger partial charge on any atom is 0.160 e. The molecule has 3 aromatic rings. The Morgan fingerprint density at radius 2 is 1.75 bits per heavy atom. The molecule has 3 rings (SSSR count). The number of rotatable bonds is 3. The predicted octanol–water partition coefficient (Wildman–Crippen LogP) is 5.57. The fourth-order valence-corrected chi connectivity index (χ4v) is 4.20. The molecule has 0 aliphatic rings. The largest absolute Gasteiger partial charge is 0.297 e. The van der Waals surface area contributed by atoms with Crippen molar-refractivity contribution >= 4 is 29.0 Å². The lowest BCUT2D eigenvalue weighted by atomic mass is 9.97. The number of carbonyl (C=O) groups excluding carboxylic acids is 1. The number of carbonyl (C=O) groups is 1. The van der Waals surface area contributed by atoms with Crippen LogP contribution in [0.1, 0.15) is 20.8 Å². The van der Waals surface area contributed by atoms with Gasteiger partial charge in [-0.05, 0) is 71.8 Å². The van der Waals surface area contributed by atoms with Crippen LogP contribution in [0.15, 0.2) is 41.8 Å². The van der Waals surface area contributed by atoms with Gasteiger partial charge in [-0.2, -0.15) is 0 Å². The van der Waals surface area contributed by atoms with Gasteiger partial charge in [0.15, 0.2) is 6.29 Å². The zero-order valence-electron chi connectivity index (χ0n) is 11.3. The van der Waals surface area contributed by atoms with Crippen molar-refractivity contribution in [2.24, 2.45) is 0 Å². The lowest BCUT2D eigenvalue weighted by Gasteiger charge is -2.10. The summed E-state index contributed by atoms with van der Waals surface area (Å²) in [5.41, 5.74) is 5.04. The molecule has 2 heterocycles. The van der Waals surface area contributed by atoms with Gasteiger partial charge in [0.25, 0.3) is 0 Å². The van der Waals surface area contributed by atoms with E-state index in [1.54, 1.807) is 22.7 Å². The van der Waals surface area contributed by atoms with Crippen molar-refractivity contribution in [1.82, 2.24) is 0 Å². The summed E-state index contributed by atoms with van der Waals surface area (Å²) in [5.74, 6) is 0. The molecule has 3 heteroatoms. The molecule has 0 amide bonds. The molecule has 0 N–H and O–H groups in total. The smallest absolute Gasteiger partial charge is 0.160 e. The minimum absolute atomic E-state index is 0.779. The predicted molar refractivity (Wildman–Crippen MR) is 87.9 cm³/mol. The van der Waals surface area contributed by atoms with Gasteiger partial charge in [-0.25, -0.2) is 0 Å². The summed E-state index contributed by atoms with van der Waals surface area (Å²) >= 11 is 3.31. The minimum atomic E-state index is 0.779. The van der Waals surface area contributed by atoms with Gasteiger partial charge in [-0.3, -0.25) is 4.79 Å². The molecular weight excluding hydrogens is 284 g/mol. The van der Waals surface area contributed by atoms with Crippen LogP contribution in [0.5, 0.6) is 0 Å². The number of thiophene rings is 2. The Hall–Kier alpha value is -1.71. The van der Waals surface area contributed by atoms with E-state index in [2.05, 4.69) is 43.5 Å². The van der Waals surface area contributed by atoms with Crippen LogP contribution in [-0.2, 0) is 0 Å². The van der Waals surface area contributed by atoms with Crippen LogP contribution in [0.2, 0.25) is 0 Å². The first-order valence-electron chi connectivity index (χ1n) is 6.39. The monoisotopic (exact) mass is 298 g/mol. The van der Waals surface area contributed by atoms with Crippen LogP contribution >= 0.6 is 22.7 Å². The van der Waals surface area contributed by atoms with Gasteiger partial charge in [-0.15, -0.1) is 22.7 Å². The molecule has 0 radical (unpaired) electrons. The third kappa shape index (κ3) is 2.35. The maximum atomic E-state index is 10.8. The Balaban J connectivity index is 2.11. The highest BCUT2D eigenvalue weighted by Gasteiger charge is 2.11. The molecule has 0 saturated carbocycles. The van der Waals surface area contributed by atoms with Crippen LogP contribution in [0.3, 0.4) is 0 Å². The summed E-state index contributed by atoms with van der Waals surface area (Å²) in [4.78, 5) is 14.1. The molecule has 0 aliphatic carbocycles. The molecule has 0 aliphatic heterocycles. The number of benzene rings is 1. The molecule has 100 valence electrons. The van der Waals surface area contributed by atoms with E-state index < -0.39 is 0 Å². The molecule has 0 atom stereocenters. The molecule has 0 saturated heterocycles. The second-order valence-corrected chi connectivity index (χ2v) is 6.85. The third-order valence-electron chi connectivity index (χ3n) is 3.33. The fraction of sp³-hybridized carbons (Fsp3) is 0.118. The lowest BCUT2D eigenvalue weighted by molar-refractivity contribution is 0.112. The molecule has 1 nitrogen and oxygen atoms in total. The van der Waals surface area contributed by atoms with E-state index in [0.717, 1.165) is 11.2 Å². The van der Waals surface area contributed by atoms with Gasteiger partial charge in [0.05, 0.1) is 4.88 Å². The Labute approximate surface area is 126 Å². The summed E-state index contributed by atoms with van der Waals surface area (Å²) in [6.45, 7) is 4.28. The normalized spacial score (nSPS) is 10.7. The standard InChI is InChI=1S/C17H14OS2/c1-11-8-13(15-4-3-7-19-15)9-12(2)17(11)16-6-5-14(10-18)20-16/h3-10H,1-2H3. The molecular formula is C17H14OS2. The molecule has 20 heavy (non-hydrogen) atoms. The molecule has 0 spiro atoms. The Morgan fingerprint density at radius 3 is 2.30 bits per heavy atom. The summed E-state index contributed by atoms with van der Waals surface area (Å²) in [7, 11) is 0. The second kappa shape index (κ2) is 5.35. The van der Waals surface area contributed by atoms with Crippen LogP contribution in [-0.4, -0.2) is 6.29 Å². The summed E-state index contributed by atoms with van der Waals surface area (Å²) in [6.07, 6.45) is 0.916. The van der Waals surface area contributed by atoms with Crippen molar-refractivity contribution in [3.05, 3.63) is 57.8 Å². The van der Waals surface area contributed by atoms with Crippen molar-refractivity contribution in [3.8, 4) is 20.9 Å². The van der Waals surface area contributed by atoms with Gasteiger partial charge >= 0.3 is 0 Å². The molecule has 0 fully saturated rings. The first kappa shape index (κ1) is 13.3. The summed E-state index contributed by atoms with van der Waals surface area (Å²) in [6, 6.07) is 12.6.